The zero-order chi connectivity index (χ0) is 14.7. The molecule has 3 aromatic rings. The Morgan fingerprint density at radius 2 is 1.76 bits per heavy atom. The summed E-state index contributed by atoms with van der Waals surface area (Å²) in [6, 6.07) is 17.7. The Balaban J connectivity index is 1.92. The van der Waals surface area contributed by atoms with Crippen LogP contribution in [0.3, 0.4) is 0 Å². The smallest absolute Gasteiger partial charge is 0.134 e. The summed E-state index contributed by atoms with van der Waals surface area (Å²) in [7, 11) is 0. The monoisotopic (exact) mass is 276 g/mol. The van der Waals surface area contributed by atoms with Gasteiger partial charge in [-0.15, -0.1) is 0 Å². The molecule has 0 saturated carbocycles. The summed E-state index contributed by atoms with van der Waals surface area (Å²) in [5, 5.41) is 3.29. The van der Waals surface area contributed by atoms with E-state index in [9.17, 15) is 0 Å². The van der Waals surface area contributed by atoms with E-state index < -0.39 is 0 Å². The van der Waals surface area contributed by atoms with Crippen molar-refractivity contribution in [2.45, 2.75) is 6.92 Å². The zero-order valence-corrected chi connectivity index (χ0v) is 11.7. The van der Waals surface area contributed by atoms with Gasteiger partial charge in [-0.25, -0.2) is 9.97 Å². The molecule has 0 atom stereocenters. The third-order valence-electron chi connectivity index (χ3n) is 3.26. The van der Waals surface area contributed by atoms with Crippen molar-refractivity contribution in [3.63, 3.8) is 0 Å². The standard InChI is InChI=1S/C17H16N4/c1-12-7-8-14(18)9-15(12)21-17-10-16(19-11-20-17)13-5-3-2-4-6-13/h2-11H,18H2,1H3,(H,19,20,21). The second kappa shape index (κ2) is 5.63. The van der Waals surface area contributed by atoms with E-state index in [1.807, 2.05) is 61.5 Å². The first kappa shape index (κ1) is 13.1. The third-order valence-corrected chi connectivity index (χ3v) is 3.26. The molecule has 0 aliphatic heterocycles. The van der Waals surface area contributed by atoms with Crippen LogP contribution < -0.4 is 11.1 Å². The van der Waals surface area contributed by atoms with Gasteiger partial charge in [0.2, 0.25) is 0 Å². The lowest BCUT2D eigenvalue weighted by Crippen LogP contribution is -1.98. The molecule has 1 aromatic heterocycles. The van der Waals surface area contributed by atoms with Gasteiger partial charge in [0.15, 0.2) is 0 Å². The first-order valence-electron chi connectivity index (χ1n) is 6.73. The molecule has 3 N–H and O–H groups in total. The van der Waals surface area contributed by atoms with E-state index in [4.69, 9.17) is 5.73 Å². The molecule has 1 heterocycles. The van der Waals surface area contributed by atoms with Gasteiger partial charge in [-0.1, -0.05) is 36.4 Å². The number of benzene rings is 2. The number of nitrogen functional groups attached to an aromatic ring is 1. The molecule has 0 unspecified atom stereocenters. The molecule has 0 amide bonds. The highest BCUT2D eigenvalue weighted by Crippen LogP contribution is 2.24. The van der Waals surface area contributed by atoms with Crippen LogP contribution >= 0.6 is 0 Å². The minimum atomic E-state index is 0.723. The van der Waals surface area contributed by atoms with E-state index in [-0.39, 0.29) is 0 Å². The quantitative estimate of drug-likeness (QED) is 0.715. The summed E-state index contributed by atoms with van der Waals surface area (Å²) in [4.78, 5) is 8.58. The van der Waals surface area contributed by atoms with E-state index in [1.165, 1.54) is 0 Å². The van der Waals surface area contributed by atoms with Crippen LogP contribution in [0.5, 0.6) is 0 Å². The number of aromatic nitrogens is 2. The number of nitrogens with two attached hydrogens (primary N) is 1. The Morgan fingerprint density at radius 1 is 0.952 bits per heavy atom. The molecule has 0 bridgehead atoms. The van der Waals surface area contributed by atoms with Gasteiger partial charge in [0, 0.05) is 23.0 Å². The van der Waals surface area contributed by atoms with Crippen LogP contribution in [-0.2, 0) is 0 Å². The van der Waals surface area contributed by atoms with Gasteiger partial charge in [0.25, 0.3) is 0 Å². The van der Waals surface area contributed by atoms with Crippen LogP contribution in [0.25, 0.3) is 11.3 Å². The molecule has 104 valence electrons. The van der Waals surface area contributed by atoms with Gasteiger partial charge in [-0.3, -0.25) is 0 Å². The Morgan fingerprint density at radius 3 is 2.57 bits per heavy atom. The van der Waals surface area contributed by atoms with Gasteiger partial charge in [-0.2, -0.15) is 0 Å². The maximum absolute atomic E-state index is 5.83. The second-order valence-electron chi connectivity index (χ2n) is 4.85. The highest BCUT2D eigenvalue weighted by atomic mass is 15.0. The average Bonchev–Trinajstić information content (AvgIpc) is 2.52. The number of anilines is 3. The van der Waals surface area contributed by atoms with Gasteiger partial charge in [-0.05, 0) is 24.6 Å². The third kappa shape index (κ3) is 3.00. The minimum Gasteiger partial charge on any atom is -0.399 e. The Labute approximate surface area is 123 Å². The van der Waals surface area contributed by atoms with Crippen molar-refractivity contribution in [3.8, 4) is 11.3 Å². The number of hydrogen-bond donors (Lipinski definition) is 2. The predicted molar refractivity (Wildman–Crippen MR) is 86.3 cm³/mol. The van der Waals surface area contributed by atoms with Crippen LogP contribution in [0.4, 0.5) is 17.2 Å². The van der Waals surface area contributed by atoms with Crippen molar-refractivity contribution >= 4 is 17.2 Å². The topological polar surface area (TPSA) is 63.8 Å². The average molecular weight is 276 g/mol. The molecule has 3 rings (SSSR count). The number of nitrogens with zero attached hydrogens (tertiary/aromatic N) is 2. The van der Waals surface area contributed by atoms with Gasteiger partial charge in [0.1, 0.15) is 12.1 Å². The fourth-order valence-corrected chi connectivity index (χ4v) is 2.10. The van der Waals surface area contributed by atoms with E-state index in [1.54, 1.807) is 6.33 Å². The van der Waals surface area contributed by atoms with Crippen LogP contribution in [0.15, 0.2) is 60.9 Å². The normalized spacial score (nSPS) is 10.3. The molecule has 0 saturated heterocycles. The molecule has 0 aliphatic rings. The largest absolute Gasteiger partial charge is 0.399 e. The second-order valence-corrected chi connectivity index (χ2v) is 4.85. The lowest BCUT2D eigenvalue weighted by Gasteiger charge is -2.10. The molecular weight excluding hydrogens is 260 g/mol. The molecule has 4 heteroatoms. The maximum Gasteiger partial charge on any atom is 0.134 e. The van der Waals surface area contributed by atoms with Crippen molar-refractivity contribution in [1.29, 1.82) is 0 Å². The fraction of sp³-hybridized carbons (Fsp3) is 0.0588. The lowest BCUT2D eigenvalue weighted by atomic mass is 10.1. The Bertz CT molecular complexity index is 754. The predicted octanol–water partition coefficient (Wildman–Crippen LogP) is 3.78. The van der Waals surface area contributed by atoms with Crippen LogP contribution in [0.2, 0.25) is 0 Å². The van der Waals surface area contributed by atoms with Gasteiger partial charge < -0.3 is 11.1 Å². The molecule has 0 spiro atoms. The molecule has 0 aliphatic carbocycles. The Kier molecular flexibility index (Phi) is 3.51. The fourth-order valence-electron chi connectivity index (χ4n) is 2.10. The summed E-state index contributed by atoms with van der Waals surface area (Å²) in [5.74, 6) is 0.748. The minimum absolute atomic E-state index is 0.723. The number of rotatable bonds is 3. The highest BCUT2D eigenvalue weighted by molar-refractivity contribution is 5.68. The SMILES string of the molecule is Cc1ccc(N)cc1Nc1cc(-c2ccccc2)ncn1. The van der Waals surface area contributed by atoms with Crippen molar-refractivity contribution in [3.05, 3.63) is 66.5 Å². The van der Waals surface area contributed by atoms with E-state index >= 15 is 0 Å². The van der Waals surface area contributed by atoms with E-state index in [0.29, 0.717) is 0 Å². The van der Waals surface area contributed by atoms with Gasteiger partial charge >= 0.3 is 0 Å². The number of nitrogens with one attached hydrogen (secondary N) is 1. The van der Waals surface area contributed by atoms with Crippen LogP contribution in [0, 0.1) is 6.92 Å². The summed E-state index contributed by atoms with van der Waals surface area (Å²) in [6.45, 7) is 2.03. The molecule has 0 radical (unpaired) electrons. The summed E-state index contributed by atoms with van der Waals surface area (Å²) < 4.78 is 0. The molecule has 4 nitrogen and oxygen atoms in total. The molecule has 0 fully saturated rings. The van der Waals surface area contributed by atoms with Crippen LogP contribution in [-0.4, -0.2) is 9.97 Å². The van der Waals surface area contributed by atoms with Crippen LogP contribution in [0.1, 0.15) is 5.56 Å². The molecular formula is C17H16N4. The molecule has 21 heavy (non-hydrogen) atoms. The Hall–Kier alpha value is -2.88. The van der Waals surface area contributed by atoms with Gasteiger partial charge in [0.05, 0.1) is 5.69 Å². The summed E-state index contributed by atoms with van der Waals surface area (Å²) in [5.41, 5.74) is 10.6. The zero-order valence-electron chi connectivity index (χ0n) is 11.7. The highest BCUT2D eigenvalue weighted by Gasteiger charge is 2.04. The number of hydrogen-bond acceptors (Lipinski definition) is 4. The van der Waals surface area contributed by atoms with Crippen molar-refractivity contribution in [2.75, 3.05) is 11.1 Å². The molecule has 2 aromatic carbocycles. The van der Waals surface area contributed by atoms with Crippen molar-refractivity contribution < 1.29 is 0 Å². The first-order chi connectivity index (χ1) is 10.2. The summed E-state index contributed by atoms with van der Waals surface area (Å²) in [6.07, 6.45) is 1.56. The summed E-state index contributed by atoms with van der Waals surface area (Å²) >= 11 is 0. The van der Waals surface area contributed by atoms with E-state index in [2.05, 4.69) is 15.3 Å². The van der Waals surface area contributed by atoms with E-state index in [0.717, 1.165) is 34.0 Å². The number of aryl methyl sites for hydroxylation is 1. The maximum atomic E-state index is 5.83. The van der Waals surface area contributed by atoms with Crippen molar-refractivity contribution in [2.24, 2.45) is 0 Å². The first-order valence-corrected chi connectivity index (χ1v) is 6.73. The van der Waals surface area contributed by atoms with Crippen molar-refractivity contribution in [1.82, 2.24) is 9.97 Å². The lowest BCUT2D eigenvalue weighted by molar-refractivity contribution is 1.17.